The number of methoxy groups -OCH3 is 1. The number of hydrogen-bond acceptors (Lipinski definition) is 4. The van der Waals surface area contributed by atoms with Crippen molar-refractivity contribution >= 4 is 39.8 Å². The Morgan fingerprint density at radius 1 is 1.07 bits per heavy atom. The van der Waals surface area contributed by atoms with Crippen molar-refractivity contribution in [3.8, 4) is 11.1 Å². The van der Waals surface area contributed by atoms with Gasteiger partial charge in [-0.2, -0.15) is 0 Å². The summed E-state index contributed by atoms with van der Waals surface area (Å²) in [6.45, 7) is 3.99. The molecule has 0 unspecified atom stereocenters. The van der Waals surface area contributed by atoms with E-state index >= 15 is 0 Å². The highest BCUT2D eigenvalue weighted by Gasteiger charge is 2.23. The van der Waals surface area contributed by atoms with Crippen LogP contribution in [0.2, 0.25) is 5.02 Å². The van der Waals surface area contributed by atoms with Crippen LogP contribution in [0, 0.1) is 13.8 Å². The van der Waals surface area contributed by atoms with Gasteiger partial charge in [0.15, 0.2) is 0 Å². The molecule has 3 aromatic rings. The summed E-state index contributed by atoms with van der Waals surface area (Å²) in [7, 11) is 1.34. The van der Waals surface area contributed by atoms with Gasteiger partial charge in [-0.3, -0.25) is 4.79 Å². The second kappa shape index (κ2) is 8.59. The Morgan fingerprint density at radius 2 is 1.79 bits per heavy atom. The zero-order chi connectivity index (χ0) is 20.3. The van der Waals surface area contributed by atoms with Crippen molar-refractivity contribution in [2.75, 3.05) is 12.4 Å². The fourth-order valence-electron chi connectivity index (χ4n) is 2.94. The van der Waals surface area contributed by atoms with Crippen molar-refractivity contribution in [2.45, 2.75) is 20.3 Å². The maximum Gasteiger partial charge on any atom is 0.341 e. The largest absolute Gasteiger partial charge is 0.465 e. The maximum absolute atomic E-state index is 12.5. The molecule has 0 aliphatic carbocycles. The van der Waals surface area contributed by atoms with Crippen molar-refractivity contribution in [1.82, 2.24) is 0 Å². The molecule has 0 aliphatic rings. The molecule has 1 amide bonds. The molecule has 3 rings (SSSR count). The molecule has 144 valence electrons. The van der Waals surface area contributed by atoms with Gasteiger partial charge in [0.2, 0.25) is 5.91 Å². The summed E-state index contributed by atoms with van der Waals surface area (Å²) in [4.78, 5) is 25.0. The highest BCUT2D eigenvalue weighted by molar-refractivity contribution is 7.15. The summed E-state index contributed by atoms with van der Waals surface area (Å²) in [6.07, 6.45) is 0.189. The van der Waals surface area contributed by atoms with E-state index in [1.54, 1.807) is 24.3 Å². The standard InChI is InChI=1S/C22H20ClNO3S/c1-13-4-5-14(2)17(10-13)18-12-28-21(20(18)22(26)27-3)24-19(25)11-15-6-8-16(23)9-7-15/h4-10,12H,11H2,1-3H3,(H,24,25). The van der Waals surface area contributed by atoms with Gasteiger partial charge in [0.1, 0.15) is 10.6 Å². The summed E-state index contributed by atoms with van der Waals surface area (Å²) in [5.41, 5.74) is 5.08. The van der Waals surface area contributed by atoms with Crippen LogP contribution in [0.15, 0.2) is 47.8 Å². The van der Waals surface area contributed by atoms with Crippen molar-refractivity contribution in [3.05, 3.63) is 75.1 Å². The minimum Gasteiger partial charge on any atom is -0.465 e. The zero-order valence-corrected chi connectivity index (χ0v) is 17.4. The van der Waals surface area contributed by atoms with Gasteiger partial charge in [0.05, 0.1) is 13.5 Å². The molecule has 0 saturated carbocycles. The SMILES string of the molecule is COC(=O)c1c(-c2cc(C)ccc2C)csc1NC(=O)Cc1ccc(Cl)cc1. The second-order valence-electron chi connectivity index (χ2n) is 6.51. The number of carbonyl (C=O) groups is 2. The zero-order valence-electron chi connectivity index (χ0n) is 15.8. The first-order valence-corrected chi connectivity index (χ1v) is 9.96. The summed E-state index contributed by atoms with van der Waals surface area (Å²) in [6, 6.07) is 13.2. The van der Waals surface area contributed by atoms with E-state index < -0.39 is 5.97 Å². The summed E-state index contributed by atoms with van der Waals surface area (Å²) in [5, 5.41) is 5.85. The molecule has 4 nitrogen and oxygen atoms in total. The monoisotopic (exact) mass is 413 g/mol. The van der Waals surface area contributed by atoms with Gasteiger partial charge >= 0.3 is 5.97 Å². The van der Waals surface area contributed by atoms with Crippen LogP contribution >= 0.6 is 22.9 Å². The number of rotatable bonds is 5. The molecule has 1 aromatic heterocycles. The Bertz CT molecular complexity index is 1020. The van der Waals surface area contributed by atoms with Gasteiger partial charge in [0.25, 0.3) is 0 Å². The lowest BCUT2D eigenvalue weighted by molar-refractivity contribution is -0.115. The van der Waals surface area contributed by atoms with Gasteiger partial charge in [-0.15, -0.1) is 11.3 Å². The molecule has 0 bridgehead atoms. The lowest BCUT2D eigenvalue weighted by Crippen LogP contribution is -2.16. The van der Waals surface area contributed by atoms with E-state index in [0.29, 0.717) is 15.6 Å². The third-order valence-corrected chi connectivity index (χ3v) is 5.54. The van der Waals surface area contributed by atoms with Gasteiger partial charge in [-0.25, -0.2) is 4.79 Å². The number of thiophene rings is 1. The van der Waals surface area contributed by atoms with E-state index in [2.05, 4.69) is 5.32 Å². The fraction of sp³-hybridized carbons (Fsp3) is 0.182. The predicted octanol–water partition coefficient (Wildman–Crippen LogP) is 5.65. The first-order valence-electron chi connectivity index (χ1n) is 8.70. The number of anilines is 1. The molecule has 0 aliphatic heterocycles. The molecule has 1 heterocycles. The van der Waals surface area contributed by atoms with Crippen LogP contribution < -0.4 is 5.32 Å². The number of carbonyl (C=O) groups excluding carboxylic acids is 2. The third-order valence-electron chi connectivity index (χ3n) is 4.39. The summed E-state index contributed by atoms with van der Waals surface area (Å²) in [5.74, 6) is -0.680. The molecule has 0 fully saturated rings. The van der Waals surface area contributed by atoms with E-state index in [9.17, 15) is 9.59 Å². The number of esters is 1. The van der Waals surface area contributed by atoms with Crippen LogP contribution in [-0.2, 0) is 16.0 Å². The summed E-state index contributed by atoms with van der Waals surface area (Å²) >= 11 is 7.20. The lowest BCUT2D eigenvalue weighted by Gasteiger charge is -2.10. The Morgan fingerprint density at radius 3 is 2.46 bits per heavy atom. The van der Waals surface area contributed by atoms with Crippen molar-refractivity contribution in [2.24, 2.45) is 0 Å². The van der Waals surface area contributed by atoms with Crippen LogP contribution in [0.3, 0.4) is 0 Å². The van der Waals surface area contributed by atoms with Crippen LogP contribution in [0.25, 0.3) is 11.1 Å². The average Bonchev–Trinajstić information content (AvgIpc) is 3.08. The molecule has 0 atom stereocenters. The number of hydrogen-bond donors (Lipinski definition) is 1. The Hall–Kier alpha value is -2.63. The number of ether oxygens (including phenoxy) is 1. The van der Waals surface area contributed by atoms with Gasteiger partial charge < -0.3 is 10.1 Å². The number of aryl methyl sites for hydroxylation is 2. The molecule has 28 heavy (non-hydrogen) atoms. The van der Waals surface area contributed by atoms with E-state index in [0.717, 1.165) is 27.8 Å². The minimum absolute atomic E-state index is 0.189. The molecule has 0 radical (unpaired) electrons. The minimum atomic E-state index is -0.473. The van der Waals surface area contributed by atoms with Gasteiger partial charge in [-0.05, 0) is 42.7 Å². The lowest BCUT2D eigenvalue weighted by atomic mass is 9.97. The van der Waals surface area contributed by atoms with Crippen molar-refractivity contribution < 1.29 is 14.3 Å². The Labute approximate surface area is 173 Å². The highest BCUT2D eigenvalue weighted by Crippen LogP contribution is 2.38. The molecule has 2 aromatic carbocycles. The molecular weight excluding hydrogens is 394 g/mol. The van der Waals surface area contributed by atoms with Gasteiger partial charge in [0, 0.05) is 16.0 Å². The van der Waals surface area contributed by atoms with Crippen LogP contribution in [0.5, 0.6) is 0 Å². The van der Waals surface area contributed by atoms with Crippen LogP contribution in [0.4, 0.5) is 5.00 Å². The second-order valence-corrected chi connectivity index (χ2v) is 7.83. The normalized spacial score (nSPS) is 10.6. The van der Waals surface area contributed by atoms with E-state index in [1.807, 2.05) is 37.4 Å². The average molecular weight is 414 g/mol. The van der Waals surface area contributed by atoms with Gasteiger partial charge in [-0.1, -0.05) is 47.5 Å². The first-order chi connectivity index (χ1) is 13.4. The molecule has 6 heteroatoms. The Kier molecular flexibility index (Phi) is 6.17. The van der Waals surface area contributed by atoms with E-state index in [4.69, 9.17) is 16.3 Å². The Balaban J connectivity index is 1.92. The summed E-state index contributed by atoms with van der Waals surface area (Å²) < 4.78 is 4.98. The topological polar surface area (TPSA) is 55.4 Å². The molecular formula is C22H20ClNO3S. The fourth-order valence-corrected chi connectivity index (χ4v) is 4.03. The van der Waals surface area contributed by atoms with E-state index in [1.165, 1.54) is 18.4 Å². The number of nitrogens with one attached hydrogen (secondary N) is 1. The number of benzene rings is 2. The van der Waals surface area contributed by atoms with Crippen LogP contribution in [-0.4, -0.2) is 19.0 Å². The molecule has 1 N–H and O–H groups in total. The van der Waals surface area contributed by atoms with Crippen molar-refractivity contribution in [1.29, 1.82) is 0 Å². The third kappa shape index (κ3) is 4.43. The van der Waals surface area contributed by atoms with E-state index in [-0.39, 0.29) is 12.3 Å². The van der Waals surface area contributed by atoms with Crippen molar-refractivity contribution in [3.63, 3.8) is 0 Å². The molecule has 0 spiro atoms. The van der Waals surface area contributed by atoms with Crippen LogP contribution in [0.1, 0.15) is 27.0 Å². The quantitative estimate of drug-likeness (QED) is 0.549. The number of halogens is 1. The number of amides is 1. The first kappa shape index (κ1) is 20.1. The highest BCUT2D eigenvalue weighted by atomic mass is 35.5. The molecule has 0 saturated heterocycles. The predicted molar refractivity (Wildman–Crippen MR) is 114 cm³/mol. The smallest absolute Gasteiger partial charge is 0.341 e. The maximum atomic E-state index is 12.5.